The van der Waals surface area contributed by atoms with Crippen molar-refractivity contribution >= 4 is 22.9 Å². The highest BCUT2D eigenvalue weighted by molar-refractivity contribution is 7.13. The van der Waals surface area contributed by atoms with Crippen LogP contribution in [0, 0.1) is 0 Å². The Morgan fingerprint density at radius 3 is 2.77 bits per heavy atom. The van der Waals surface area contributed by atoms with Crippen LogP contribution in [-0.4, -0.2) is 34.2 Å². The predicted molar refractivity (Wildman–Crippen MR) is 116 cm³/mol. The van der Waals surface area contributed by atoms with E-state index in [0.717, 1.165) is 16.3 Å². The number of amides is 1. The number of nitrogens with one attached hydrogen (secondary N) is 1. The van der Waals surface area contributed by atoms with E-state index >= 15 is 0 Å². The molecular weight excluding hydrogens is 400 g/mol. The first-order chi connectivity index (χ1) is 14.7. The molecule has 30 heavy (non-hydrogen) atoms. The van der Waals surface area contributed by atoms with E-state index in [-0.39, 0.29) is 5.91 Å². The number of anilines is 1. The second-order valence-electron chi connectivity index (χ2n) is 6.37. The van der Waals surface area contributed by atoms with Crippen LogP contribution in [-0.2, 0) is 6.54 Å². The number of imidazole rings is 1. The Balaban J connectivity index is 1.42. The van der Waals surface area contributed by atoms with Crippen LogP contribution in [0.4, 0.5) is 5.69 Å². The van der Waals surface area contributed by atoms with E-state index < -0.39 is 0 Å². The van der Waals surface area contributed by atoms with Gasteiger partial charge in [-0.1, -0.05) is 12.1 Å². The Morgan fingerprint density at radius 2 is 2.00 bits per heavy atom. The highest BCUT2D eigenvalue weighted by Gasteiger charge is 2.14. The first-order valence-corrected chi connectivity index (χ1v) is 10.2. The van der Waals surface area contributed by atoms with E-state index in [1.165, 1.54) is 11.3 Å². The first-order valence-electron chi connectivity index (χ1n) is 9.32. The number of methoxy groups -OCH3 is 1. The van der Waals surface area contributed by atoms with Gasteiger partial charge in [-0.05, 0) is 36.4 Å². The molecule has 0 unspecified atom stereocenters. The zero-order valence-corrected chi connectivity index (χ0v) is 17.1. The number of aromatic nitrogens is 3. The third kappa shape index (κ3) is 4.66. The molecule has 0 fully saturated rings. The first kappa shape index (κ1) is 19.7. The molecule has 2 aromatic carbocycles. The molecule has 2 heterocycles. The Labute approximate surface area is 177 Å². The smallest absolute Gasteiger partial charge is 0.275 e. The maximum absolute atomic E-state index is 12.7. The van der Waals surface area contributed by atoms with E-state index in [0.29, 0.717) is 30.3 Å². The van der Waals surface area contributed by atoms with Crippen LogP contribution in [0.1, 0.15) is 10.5 Å². The van der Waals surface area contributed by atoms with Crippen molar-refractivity contribution in [2.45, 2.75) is 6.54 Å². The Bertz CT molecular complexity index is 1110. The molecule has 8 heteroatoms. The van der Waals surface area contributed by atoms with E-state index in [1.54, 1.807) is 31.1 Å². The van der Waals surface area contributed by atoms with Gasteiger partial charge < -0.3 is 19.4 Å². The number of para-hydroxylation sites is 2. The maximum Gasteiger partial charge on any atom is 0.275 e. The van der Waals surface area contributed by atoms with Crippen LogP contribution in [0.2, 0.25) is 0 Å². The number of nitrogens with zero attached hydrogens (tertiary/aromatic N) is 3. The molecule has 0 saturated carbocycles. The van der Waals surface area contributed by atoms with Crippen LogP contribution in [0.15, 0.2) is 72.6 Å². The van der Waals surface area contributed by atoms with Crippen LogP contribution in [0.5, 0.6) is 11.5 Å². The van der Waals surface area contributed by atoms with Gasteiger partial charge in [-0.2, -0.15) is 0 Å². The average molecular weight is 420 g/mol. The summed E-state index contributed by atoms with van der Waals surface area (Å²) in [5, 5.41) is 5.41. The summed E-state index contributed by atoms with van der Waals surface area (Å²) in [4.78, 5) is 21.2. The summed E-state index contributed by atoms with van der Waals surface area (Å²) < 4.78 is 13.0. The normalized spacial score (nSPS) is 10.6. The van der Waals surface area contributed by atoms with Gasteiger partial charge >= 0.3 is 0 Å². The van der Waals surface area contributed by atoms with Gasteiger partial charge in [0.25, 0.3) is 5.91 Å². The number of hydrogen-bond donors (Lipinski definition) is 1. The van der Waals surface area contributed by atoms with Crippen molar-refractivity contribution in [3.63, 3.8) is 0 Å². The van der Waals surface area contributed by atoms with E-state index in [1.807, 2.05) is 53.2 Å². The minimum atomic E-state index is -0.281. The molecule has 4 rings (SSSR count). The molecular formula is C22H20N4O3S. The maximum atomic E-state index is 12.7. The molecule has 7 nitrogen and oxygen atoms in total. The van der Waals surface area contributed by atoms with Gasteiger partial charge in [0, 0.05) is 23.3 Å². The summed E-state index contributed by atoms with van der Waals surface area (Å²) in [6.45, 7) is 1.13. The van der Waals surface area contributed by atoms with E-state index in [9.17, 15) is 4.79 Å². The van der Waals surface area contributed by atoms with Crippen LogP contribution >= 0.6 is 11.3 Å². The predicted octanol–water partition coefficient (Wildman–Crippen LogP) is 4.35. The zero-order chi connectivity index (χ0) is 20.8. The van der Waals surface area contributed by atoms with Gasteiger partial charge in [-0.15, -0.1) is 11.3 Å². The number of rotatable bonds is 8. The van der Waals surface area contributed by atoms with Gasteiger partial charge in [0.2, 0.25) is 0 Å². The molecule has 1 N–H and O–H groups in total. The number of benzene rings is 2. The van der Waals surface area contributed by atoms with Crippen molar-refractivity contribution in [2.24, 2.45) is 0 Å². The second-order valence-corrected chi connectivity index (χ2v) is 7.22. The van der Waals surface area contributed by atoms with Crippen molar-refractivity contribution in [3.8, 4) is 22.1 Å². The summed E-state index contributed by atoms with van der Waals surface area (Å²) in [6.07, 6.45) is 5.33. The van der Waals surface area contributed by atoms with E-state index in [2.05, 4.69) is 15.3 Å². The highest BCUT2D eigenvalue weighted by Crippen LogP contribution is 2.28. The molecule has 0 aliphatic heterocycles. The fourth-order valence-electron chi connectivity index (χ4n) is 2.81. The fraction of sp³-hybridized carbons (Fsp3) is 0.136. The molecule has 0 spiro atoms. The Morgan fingerprint density at radius 1 is 1.17 bits per heavy atom. The van der Waals surface area contributed by atoms with Gasteiger partial charge in [0.15, 0.2) is 0 Å². The molecule has 0 aliphatic rings. The standard InChI is InChI=1S/C22H20N4O3S/c1-28-17-8-6-16(7-9-17)22-25-19(14-30-22)21(27)24-18-4-2-3-5-20(18)29-13-12-26-11-10-23-15-26/h2-11,14-15H,12-13H2,1H3,(H,24,27). The van der Waals surface area contributed by atoms with Gasteiger partial charge in [0.05, 0.1) is 25.7 Å². The van der Waals surface area contributed by atoms with Crippen LogP contribution in [0.3, 0.4) is 0 Å². The molecule has 2 aromatic heterocycles. The molecule has 152 valence electrons. The van der Waals surface area contributed by atoms with Crippen molar-refractivity contribution in [1.29, 1.82) is 0 Å². The highest BCUT2D eigenvalue weighted by atomic mass is 32.1. The lowest BCUT2D eigenvalue weighted by Gasteiger charge is -2.12. The summed E-state index contributed by atoms with van der Waals surface area (Å²) in [7, 11) is 1.63. The van der Waals surface area contributed by atoms with Gasteiger partial charge in [-0.25, -0.2) is 9.97 Å². The lowest BCUT2D eigenvalue weighted by atomic mass is 10.2. The average Bonchev–Trinajstić information content (AvgIpc) is 3.47. The number of hydrogen-bond acceptors (Lipinski definition) is 6. The lowest BCUT2D eigenvalue weighted by molar-refractivity contribution is 0.102. The Hall–Kier alpha value is -3.65. The summed E-state index contributed by atoms with van der Waals surface area (Å²) in [5.74, 6) is 1.10. The number of carbonyl (C=O) groups excluding carboxylic acids is 1. The monoisotopic (exact) mass is 420 g/mol. The molecule has 0 saturated heterocycles. The van der Waals surface area contributed by atoms with Crippen molar-refractivity contribution in [3.05, 3.63) is 78.3 Å². The summed E-state index contributed by atoms with van der Waals surface area (Å²) in [6, 6.07) is 14.9. The third-order valence-corrected chi connectivity index (χ3v) is 5.27. The lowest BCUT2D eigenvalue weighted by Crippen LogP contribution is -2.14. The largest absolute Gasteiger partial charge is 0.497 e. The quantitative estimate of drug-likeness (QED) is 0.459. The van der Waals surface area contributed by atoms with Crippen molar-refractivity contribution in [1.82, 2.24) is 14.5 Å². The van der Waals surface area contributed by atoms with Crippen LogP contribution < -0.4 is 14.8 Å². The number of ether oxygens (including phenoxy) is 2. The van der Waals surface area contributed by atoms with E-state index in [4.69, 9.17) is 9.47 Å². The number of thiazole rings is 1. The number of carbonyl (C=O) groups is 1. The SMILES string of the molecule is COc1ccc(-c2nc(C(=O)Nc3ccccc3OCCn3ccnc3)cs2)cc1. The van der Waals surface area contributed by atoms with Gasteiger partial charge in [0.1, 0.15) is 28.8 Å². The molecule has 4 aromatic rings. The third-order valence-electron chi connectivity index (χ3n) is 4.38. The van der Waals surface area contributed by atoms with Crippen molar-refractivity contribution in [2.75, 3.05) is 19.0 Å². The molecule has 0 radical (unpaired) electrons. The second kappa shape index (κ2) is 9.23. The molecule has 0 aliphatic carbocycles. The van der Waals surface area contributed by atoms with Crippen molar-refractivity contribution < 1.29 is 14.3 Å². The molecule has 1 amide bonds. The molecule has 0 bridgehead atoms. The summed E-state index contributed by atoms with van der Waals surface area (Å²) in [5.41, 5.74) is 1.90. The minimum absolute atomic E-state index is 0.281. The Kier molecular flexibility index (Phi) is 6.05. The van der Waals surface area contributed by atoms with Gasteiger partial charge in [-0.3, -0.25) is 4.79 Å². The molecule has 0 atom stereocenters. The minimum Gasteiger partial charge on any atom is -0.497 e. The van der Waals surface area contributed by atoms with Crippen LogP contribution in [0.25, 0.3) is 10.6 Å². The zero-order valence-electron chi connectivity index (χ0n) is 16.3. The fourth-order valence-corrected chi connectivity index (χ4v) is 3.61. The summed E-state index contributed by atoms with van der Waals surface area (Å²) >= 11 is 1.42. The topological polar surface area (TPSA) is 78.3 Å².